The molecule has 0 unspecified atom stereocenters. The lowest BCUT2D eigenvalue weighted by Crippen LogP contribution is -2.41. The average molecular weight is 364 g/mol. The summed E-state index contributed by atoms with van der Waals surface area (Å²) in [6.45, 7) is 0.324. The quantitative estimate of drug-likeness (QED) is 0.595. The number of sulfonamides is 1. The second-order valence-corrected chi connectivity index (χ2v) is 7.58. The lowest BCUT2D eigenvalue weighted by Gasteiger charge is -2.29. The molecule has 0 N–H and O–H groups in total. The Labute approximate surface area is 144 Å². The van der Waals surface area contributed by atoms with Gasteiger partial charge in [0.1, 0.15) is 12.7 Å². The molecule has 0 fully saturated rings. The Bertz CT molecular complexity index is 882. The highest BCUT2D eigenvalue weighted by atomic mass is 32.2. The third-order valence-electron chi connectivity index (χ3n) is 3.78. The summed E-state index contributed by atoms with van der Waals surface area (Å²) in [4.78, 5) is 10.1. The van der Waals surface area contributed by atoms with Crippen LogP contribution in [-0.4, -0.2) is 43.9 Å². The minimum atomic E-state index is -3.78. The predicted octanol–water partition coefficient (Wildman–Crippen LogP) is 2.06. The molecule has 2 aromatic carbocycles. The van der Waals surface area contributed by atoms with Crippen molar-refractivity contribution in [3.05, 3.63) is 58.6 Å². The van der Waals surface area contributed by atoms with Gasteiger partial charge in [0.05, 0.1) is 16.4 Å². The molecule has 25 heavy (non-hydrogen) atoms. The molecule has 1 aliphatic heterocycles. The molecule has 1 atom stereocenters. The number of fused-ring (bicyclic) bond motifs is 1. The summed E-state index contributed by atoms with van der Waals surface area (Å²) in [6, 6.07) is 11.9. The van der Waals surface area contributed by atoms with Crippen molar-refractivity contribution in [3.8, 4) is 11.5 Å². The van der Waals surface area contributed by atoms with Crippen LogP contribution in [0.25, 0.3) is 0 Å². The largest absolute Gasteiger partial charge is 0.486 e. The maximum absolute atomic E-state index is 12.6. The third-order valence-corrected chi connectivity index (χ3v) is 5.62. The summed E-state index contributed by atoms with van der Waals surface area (Å²) in [6.07, 6.45) is -0.451. The predicted molar refractivity (Wildman–Crippen MR) is 89.3 cm³/mol. The molecule has 3 rings (SSSR count). The van der Waals surface area contributed by atoms with E-state index in [1.165, 1.54) is 19.2 Å². The Hall–Kier alpha value is -2.65. The van der Waals surface area contributed by atoms with Crippen LogP contribution in [0, 0.1) is 10.1 Å². The molecule has 0 saturated carbocycles. The minimum Gasteiger partial charge on any atom is -0.486 e. The van der Waals surface area contributed by atoms with Crippen molar-refractivity contribution in [1.82, 2.24) is 4.31 Å². The SMILES string of the molecule is CN(C[C@H]1COc2ccccc2O1)S(=O)(=O)c1ccc([N+](=O)[O-])cc1. The third kappa shape index (κ3) is 3.57. The van der Waals surface area contributed by atoms with Crippen molar-refractivity contribution in [2.75, 3.05) is 20.2 Å². The molecule has 9 heteroatoms. The van der Waals surface area contributed by atoms with Gasteiger partial charge < -0.3 is 9.47 Å². The first-order valence-corrected chi connectivity index (χ1v) is 8.91. The summed E-state index contributed by atoms with van der Waals surface area (Å²) >= 11 is 0. The number of non-ortho nitro benzene ring substituents is 1. The van der Waals surface area contributed by atoms with Crippen molar-refractivity contribution >= 4 is 15.7 Å². The molecule has 0 spiro atoms. The van der Waals surface area contributed by atoms with Gasteiger partial charge in [-0.15, -0.1) is 0 Å². The lowest BCUT2D eigenvalue weighted by molar-refractivity contribution is -0.384. The van der Waals surface area contributed by atoms with Gasteiger partial charge in [-0.2, -0.15) is 4.31 Å². The Balaban J connectivity index is 1.72. The summed E-state index contributed by atoms with van der Waals surface area (Å²) < 4.78 is 37.7. The van der Waals surface area contributed by atoms with Gasteiger partial charge in [-0.25, -0.2) is 8.42 Å². The second kappa shape index (κ2) is 6.69. The van der Waals surface area contributed by atoms with E-state index in [4.69, 9.17) is 9.47 Å². The van der Waals surface area contributed by atoms with E-state index in [2.05, 4.69) is 0 Å². The highest BCUT2D eigenvalue weighted by Gasteiger charge is 2.28. The Morgan fingerprint density at radius 2 is 1.80 bits per heavy atom. The smallest absolute Gasteiger partial charge is 0.269 e. The topological polar surface area (TPSA) is 99.0 Å². The highest BCUT2D eigenvalue weighted by molar-refractivity contribution is 7.89. The standard InChI is InChI=1S/C16H16N2O6S/c1-17(10-13-11-23-15-4-2-3-5-16(15)24-13)25(21,22)14-8-6-12(7-9-14)18(19)20/h2-9,13H,10-11H2,1H3/t13-/m0/s1. The van der Waals surface area contributed by atoms with Gasteiger partial charge in [0, 0.05) is 19.2 Å². The number of benzene rings is 2. The molecule has 0 aromatic heterocycles. The van der Waals surface area contributed by atoms with E-state index in [-0.39, 0.29) is 23.7 Å². The van der Waals surface area contributed by atoms with E-state index >= 15 is 0 Å². The Kier molecular flexibility index (Phi) is 4.60. The number of likely N-dealkylation sites (N-methyl/N-ethyl adjacent to an activating group) is 1. The van der Waals surface area contributed by atoms with Crippen LogP contribution in [0.1, 0.15) is 0 Å². The molecule has 8 nitrogen and oxygen atoms in total. The van der Waals surface area contributed by atoms with Gasteiger partial charge in [-0.1, -0.05) is 12.1 Å². The van der Waals surface area contributed by atoms with Crippen LogP contribution in [0.4, 0.5) is 5.69 Å². The van der Waals surface area contributed by atoms with Crippen molar-refractivity contribution < 1.29 is 22.8 Å². The maximum atomic E-state index is 12.6. The van der Waals surface area contributed by atoms with Gasteiger partial charge in [-0.05, 0) is 24.3 Å². The Morgan fingerprint density at radius 3 is 2.44 bits per heavy atom. The first-order chi connectivity index (χ1) is 11.9. The van der Waals surface area contributed by atoms with Gasteiger partial charge in [0.15, 0.2) is 11.5 Å². The summed E-state index contributed by atoms with van der Waals surface area (Å²) in [7, 11) is -2.35. The minimum absolute atomic E-state index is 0.0160. The van der Waals surface area contributed by atoms with E-state index in [9.17, 15) is 18.5 Å². The number of nitrogens with zero attached hydrogens (tertiary/aromatic N) is 2. The second-order valence-electron chi connectivity index (χ2n) is 5.53. The highest BCUT2D eigenvalue weighted by Crippen LogP contribution is 2.31. The zero-order valence-electron chi connectivity index (χ0n) is 13.4. The molecule has 0 bridgehead atoms. The van der Waals surface area contributed by atoms with Crippen LogP contribution in [0.2, 0.25) is 0 Å². The molecule has 0 saturated heterocycles. The fourth-order valence-electron chi connectivity index (χ4n) is 2.46. The van der Waals surface area contributed by atoms with Crippen LogP contribution in [0.5, 0.6) is 11.5 Å². The molecule has 0 aliphatic carbocycles. The summed E-state index contributed by atoms with van der Waals surface area (Å²) in [5, 5.41) is 10.7. The molecule has 0 radical (unpaired) electrons. The number of nitro groups is 1. The number of para-hydroxylation sites is 2. The van der Waals surface area contributed by atoms with E-state index in [1.54, 1.807) is 12.1 Å². The van der Waals surface area contributed by atoms with Gasteiger partial charge >= 0.3 is 0 Å². The van der Waals surface area contributed by atoms with Crippen LogP contribution in [0.15, 0.2) is 53.4 Å². The molecule has 132 valence electrons. The summed E-state index contributed by atoms with van der Waals surface area (Å²) in [5.41, 5.74) is -0.165. The molecule has 1 heterocycles. The first kappa shape index (κ1) is 17.2. The Morgan fingerprint density at radius 1 is 1.16 bits per heavy atom. The van der Waals surface area contributed by atoms with E-state index in [0.29, 0.717) is 11.5 Å². The molecule has 2 aromatic rings. The fraction of sp³-hybridized carbons (Fsp3) is 0.250. The van der Waals surface area contributed by atoms with Crippen molar-refractivity contribution in [2.45, 2.75) is 11.0 Å². The van der Waals surface area contributed by atoms with Crippen molar-refractivity contribution in [2.24, 2.45) is 0 Å². The van der Waals surface area contributed by atoms with Crippen LogP contribution < -0.4 is 9.47 Å². The number of hydrogen-bond donors (Lipinski definition) is 0. The zero-order chi connectivity index (χ0) is 18.0. The monoisotopic (exact) mass is 364 g/mol. The van der Waals surface area contributed by atoms with Gasteiger partial charge in [-0.3, -0.25) is 10.1 Å². The van der Waals surface area contributed by atoms with Crippen LogP contribution in [0.3, 0.4) is 0 Å². The van der Waals surface area contributed by atoms with E-state index in [1.807, 2.05) is 12.1 Å². The van der Waals surface area contributed by atoms with Gasteiger partial charge in [0.25, 0.3) is 5.69 Å². The zero-order valence-corrected chi connectivity index (χ0v) is 14.2. The van der Waals surface area contributed by atoms with Crippen molar-refractivity contribution in [3.63, 3.8) is 0 Å². The fourth-order valence-corrected chi connectivity index (χ4v) is 3.66. The average Bonchev–Trinajstić information content (AvgIpc) is 2.61. The molecular formula is C16H16N2O6S. The lowest BCUT2D eigenvalue weighted by atomic mass is 10.2. The van der Waals surface area contributed by atoms with E-state index in [0.717, 1.165) is 16.4 Å². The number of hydrogen-bond acceptors (Lipinski definition) is 6. The molecule has 1 aliphatic rings. The number of nitro benzene ring substituents is 1. The maximum Gasteiger partial charge on any atom is 0.269 e. The van der Waals surface area contributed by atoms with Crippen LogP contribution in [-0.2, 0) is 10.0 Å². The molecule has 0 amide bonds. The number of ether oxygens (including phenoxy) is 2. The van der Waals surface area contributed by atoms with Crippen LogP contribution >= 0.6 is 0 Å². The number of rotatable bonds is 5. The molecular weight excluding hydrogens is 348 g/mol. The summed E-state index contributed by atoms with van der Waals surface area (Å²) in [5.74, 6) is 1.19. The first-order valence-electron chi connectivity index (χ1n) is 7.47. The normalized spacial score (nSPS) is 16.6. The van der Waals surface area contributed by atoms with Gasteiger partial charge in [0.2, 0.25) is 10.0 Å². The van der Waals surface area contributed by atoms with Crippen molar-refractivity contribution in [1.29, 1.82) is 0 Å². The van der Waals surface area contributed by atoms with E-state index < -0.39 is 21.1 Å².